The van der Waals surface area contributed by atoms with E-state index in [4.69, 9.17) is 0 Å². The Kier molecular flexibility index (Phi) is 3.17. The van der Waals surface area contributed by atoms with Crippen LogP contribution >= 0.6 is 0 Å². The highest BCUT2D eigenvalue weighted by Gasteiger charge is 2.13. The predicted octanol–water partition coefficient (Wildman–Crippen LogP) is 0.934. The Balaban J connectivity index is 2.50. The molecule has 0 fully saturated rings. The summed E-state index contributed by atoms with van der Waals surface area (Å²) in [6.45, 7) is 5.86. The van der Waals surface area contributed by atoms with Crippen LogP contribution in [0.1, 0.15) is 26.3 Å². The van der Waals surface area contributed by atoms with E-state index in [1.165, 1.54) is 0 Å². The van der Waals surface area contributed by atoms with E-state index in [1.807, 2.05) is 20.8 Å². The van der Waals surface area contributed by atoms with Gasteiger partial charge in [0.25, 0.3) is 0 Å². The Morgan fingerprint density at radius 3 is 2.64 bits per heavy atom. The molecule has 4 heteroatoms. The maximum Gasteiger partial charge on any atom is 0.224 e. The molecule has 1 N–H and O–H groups in total. The van der Waals surface area contributed by atoms with Crippen LogP contribution in [0.15, 0.2) is 18.5 Å². The zero-order valence-electron chi connectivity index (χ0n) is 8.74. The minimum Gasteiger partial charge on any atom is -0.351 e. The Morgan fingerprint density at radius 2 is 2.14 bits per heavy atom. The van der Waals surface area contributed by atoms with Gasteiger partial charge in [-0.1, -0.05) is 0 Å². The van der Waals surface area contributed by atoms with Crippen LogP contribution in [0.2, 0.25) is 0 Å². The zero-order valence-corrected chi connectivity index (χ0v) is 8.74. The summed E-state index contributed by atoms with van der Waals surface area (Å²) >= 11 is 0. The van der Waals surface area contributed by atoms with Crippen LogP contribution in [0.5, 0.6) is 0 Å². The summed E-state index contributed by atoms with van der Waals surface area (Å²) in [7, 11) is 0. The number of amides is 1. The normalized spacial score (nSPS) is 11.1. The zero-order chi connectivity index (χ0) is 10.6. The number of nitrogens with zero attached hydrogens (tertiary/aromatic N) is 2. The fraction of sp³-hybridized carbons (Fsp3) is 0.500. The van der Waals surface area contributed by atoms with Gasteiger partial charge < -0.3 is 5.32 Å². The van der Waals surface area contributed by atoms with Crippen LogP contribution in [0.3, 0.4) is 0 Å². The monoisotopic (exact) mass is 193 g/mol. The quantitative estimate of drug-likeness (QED) is 0.760. The second-order valence-corrected chi connectivity index (χ2v) is 4.23. The number of rotatable bonds is 2. The molecule has 1 aromatic heterocycles. The van der Waals surface area contributed by atoms with Crippen LogP contribution in [-0.4, -0.2) is 21.6 Å². The molecule has 0 saturated carbocycles. The fourth-order valence-corrected chi connectivity index (χ4v) is 1.07. The predicted molar refractivity (Wildman–Crippen MR) is 53.6 cm³/mol. The first-order valence-electron chi connectivity index (χ1n) is 4.54. The molecular formula is C10H15N3O. The summed E-state index contributed by atoms with van der Waals surface area (Å²) in [6, 6.07) is 1.79. The van der Waals surface area contributed by atoms with E-state index in [2.05, 4.69) is 15.5 Å². The van der Waals surface area contributed by atoms with Crippen molar-refractivity contribution < 1.29 is 4.79 Å². The van der Waals surface area contributed by atoms with E-state index in [0.717, 1.165) is 5.56 Å². The van der Waals surface area contributed by atoms with E-state index in [1.54, 1.807) is 18.5 Å². The highest BCUT2D eigenvalue weighted by Crippen LogP contribution is 2.01. The summed E-state index contributed by atoms with van der Waals surface area (Å²) in [6.07, 6.45) is 3.54. The average Bonchev–Trinajstić information content (AvgIpc) is 2.02. The van der Waals surface area contributed by atoms with Gasteiger partial charge >= 0.3 is 0 Å². The molecule has 1 heterocycles. The molecule has 0 atom stereocenters. The lowest BCUT2D eigenvalue weighted by molar-refractivity contribution is -0.121. The van der Waals surface area contributed by atoms with Gasteiger partial charge in [0.2, 0.25) is 5.91 Å². The molecular weight excluding hydrogens is 178 g/mol. The van der Waals surface area contributed by atoms with E-state index in [0.29, 0.717) is 6.42 Å². The van der Waals surface area contributed by atoms with Crippen LogP contribution in [0.25, 0.3) is 0 Å². The minimum absolute atomic E-state index is 0.00509. The number of aromatic nitrogens is 2. The van der Waals surface area contributed by atoms with Crippen molar-refractivity contribution in [3.63, 3.8) is 0 Å². The van der Waals surface area contributed by atoms with Crippen molar-refractivity contribution in [2.24, 2.45) is 0 Å². The number of carbonyl (C=O) groups is 1. The Morgan fingerprint density at radius 1 is 1.43 bits per heavy atom. The number of carbonyl (C=O) groups excluding carboxylic acids is 1. The van der Waals surface area contributed by atoms with E-state index >= 15 is 0 Å². The van der Waals surface area contributed by atoms with Gasteiger partial charge in [-0.25, -0.2) is 0 Å². The van der Waals surface area contributed by atoms with Gasteiger partial charge in [0, 0.05) is 11.7 Å². The molecule has 0 spiro atoms. The van der Waals surface area contributed by atoms with Gasteiger partial charge in [0.05, 0.1) is 12.6 Å². The molecule has 1 aromatic rings. The first-order chi connectivity index (χ1) is 6.47. The summed E-state index contributed by atoms with van der Waals surface area (Å²) in [4.78, 5) is 11.5. The van der Waals surface area contributed by atoms with Crippen molar-refractivity contribution in [3.8, 4) is 0 Å². The Bertz CT molecular complexity index is 303. The van der Waals surface area contributed by atoms with Crippen molar-refractivity contribution in [2.75, 3.05) is 0 Å². The van der Waals surface area contributed by atoms with Gasteiger partial charge in [-0.2, -0.15) is 10.2 Å². The maximum absolute atomic E-state index is 11.5. The van der Waals surface area contributed by atoms with Gasteiger partial charge in [-0.05, 0) is 32.4 Å². The largest absolute Gasteiger partial charge is 0.351 e. The van der Waals surface area contributed by atoms with E-state index < -0.39 is 0 Å². The standard InChI is InChI=1S/C10H15N3O/c1-10(2,3)13-9(14)6-8-4-5-11-12-7-8/h4-5,7H,6H2,1-3H3,(H,13,14). The van der Waals surface area contributed by atoms with Gasteiger partial charge in [0.1, 0.15) is 0 Å². The van der Waals surface area contributed by atoms with E-state index in [9.17, 15) is 4.79 Å². The van der Waals surface area contributed by atoms with Crippen molar-refractivity contribution >= 4 is 5.91 Å². The molecule has 0 aliphatic heterocycles. The lowest BCUT2D eigenvalue weighted by atomic mass is 10.1. The maximum atomic E-state index is 11.5. The molecule has 0 aromatic carbocycles. The second kappa shape index (κ2) is 4.17. The average molecular weight is 193 g/mol. The van der Waals surface area contributed by atoms with Crippen molar-refractivity contribution in [3.05, 3.63) is 24.0 Å². The van der Waals surface area contributed by atoms with Crippen molar-refractivity contribution in [2.45, 2.75) is 32.7 Å². The number of hydrogen-bond acceptors (Lipinski definition) is 3. The van der Waals surface area contributed by atoms with Crippen LogP contribution < -0.4 is 5.32 Å². The van der Waals surface area contributed by atoms with Crippen LogP contribution in [-0.2, 0) is 11.2 Å². The van der Waals surface area contributed by atoms with Crippen LogP contribution in [0.4, 0.5) is 0 Å². The smallest absolute Gasteiger partial charge is 0.224 e. The highest BCUT2D eigenvalue weighted by molar-refractivity contribution is 5.79. The molecule has 0 bridgehead atoms. The highest BCUT2D eigenvalue weighted by atomic mass is 16.1. The van der Waals surface area contributed by atoms with Gasteiger partial charge in [0.15, 0.2) is 0 Å². The van der Waals surface area contributed by atoms with Gasteiger partial charge in [-0.3, -0.25) is 4.79 Å². The first-order valence-corrected chi connectivity index (χ1v) is 4.54. The Hall–Kier alpha value is -1.45. The summed E-state index contributed by atoms with van der Waals surface area (Å²) in [5.74, 6) is 0.00509. The summed E-state index contributed by atoms with van der Waals surface area (Å²) in [5.41, 5.74) is 0.694. The SMILES string of the molecule is CC(C)(C)NC(=O)Cc1ccnnc1. The second-order valence-electron chi connectivity index (χ2n) is 4.23. The van der Waals surface area contributed by atoms with Crippen LogP contribution in [0, 0.1) is 0 Å². The lowest BCUT2D eigenvalue weighted by Gasteiger charge is -2.20. The number of nitrogens with one attached hydrogen (secondary N) is 1. The molecule has 1 amide bonds. The third-order valence-corrected chi connectivity index (χ3v) is 1.52. The van der Waals surface area contributed by atoms with Gasteiger partial charge in [-0.15, -0.1) is 0 Å². The third kappa shape index (κ3) is 3.98. The molecule has 0 aliphatic rings. The molecule has 0 unspecified atom stereocenters. The summed E-state index contributed by atoms with van der Waals surface area (Å²) < 4.78 is 0. The molecule has 0 saturated heterocycles. The van der Waals surface area contributed by atoms with E-state index in [-0.39, 0.29) is 11.4 Å². The Labute approximate surface area is 83.7 Å². The van der Waals surface area contributed by atoms with Crippen molar-refractivity contribution in [1.29, 1.82) is 0 Å². The molecule has 0 radical (unpaired) electrons. The fourth-order valence-electron chi connectivity index (χ4n) is 1.07. The minimum atomic E-state index is -0.183. The molecule has 1 rings (SSSR count). The summed E-state index contributed by atoms with van der Waals surface area (Å²) in [5, 5.41) is 10.2. The molecule has 4 nitrogen and oxygen atoms in total. The molecule has 14 heavy (non-hydrogen) atoms. The third-order valence-electron chi connectivity index (χ3n) is 1.52. The number of hydrogen-bond donors (Lipinski definition) is 1. The molecule has 76 valence electrons. The first kappa shape index (κ1) is 10.6. The lowest BCUT2D eigenvalue weighted by Crippen LogP contribution is -2.41. The molecule has 0 aliphatic carbocycles. The topological polar surface area (TPSA) is 54.9 Å². The van der Waals surface area contributed by atoms with Crippen molar-refractivity contribution in [1.82, 2.24) is 15.5 Å².